The van der Waals surface area contributed by atoms with Gasteiger partial charge < -0.3 is 15.2 Å². The molecule has 1 fully saturated rings. The summed E-state index contributed by atoms with van der Waals surface area (Å²) < 4.78 is 7.86. The lowest BCUT2D eigenvalue weighted by Gasteiger charge is -2.14. The molecule has 3 heterocycles. The quantitative estimate of drug-likeness (QED) is 0.872. The van der Waals surface area contributed by atoms with Gasteiger partial charge in [0, 0.05) is 7.05 Å². The van der Waals surface area contributed by atoms with Crippen molar-refractivity contribution in [2.24, 2.45) is 5.92 Å². The van der Waals surface area contributed by atoms with Crippen LogP contribution in [0.5, 0.6) is 0 Å². The molecule has 0 saturated carbocycles. The first-order chi connectivity index (χ1) is 9.78. The van der Waals surface area contributed by atoms with E-state index in [1.54, 1.807) is 6.33 Å². The maximum atomic E-state index is 9.39. The Morgan fingerprint density at radius 3 is 2.95 bits per heavy atom. The van der Waals surface area contributed by atoms with Gasteiger partial charge in [-0.2, -0.15) is 0 Å². The van der Waals surface area contributed by atoms with Crippen molar-refractivity contribution >= 4 is 17.0 Å². The third-order valence-electron chi connectivity index (χ3n) is 3.97. The van der Waals surface area contributed by atoms with Gasteiger partial charge in [0.25, 0.3) is 0 Å². The van der Waals surface area contributed by atoms with Gasteiger partial charge in [-0.25, -0.2) is 15.0 Å². The van der Waals surface area contributed by atoms with Crippen molar-refractivity contribution in [2.45, 2.75) is 32.1 Å². The van der Waals surface area contributed by atoms with Crippen molar-refractivity contribution in [1.82, 2.24) is 19.5 Å². The summed E-state index contributed by atoms with van der Waals surface area (Å²) in [5.74, 6) is 1.07. The lowest BCUT2D eigenvalue weighted by Crippen LogP contribution is -2.20. The standard InChI is InChI=1S/C13H19N5O2/c1-3-8-4-10(20-9(8)5-19)18-7-17-11-12(14-2)15-6-16-13(11)18/h6-10,19H,3-5H2,1-2H3,(H,14,15,16). The summed E-state index contributed by atoms with van der Waals surface area (Å²) in [6.45, 7) is 2.17. The van der Waals surface area contributed by atoms with Crippen LogP contribution in [-0.4, -0.2) is 44.4 Å². The third kappa shape index (κ3) is 2.03. The van der Waals surface area contributed by atoms with Crippen molar-refractivity contribution < 1.29 is 9.84 Å². The van der Waals surface area contributed by atoms with Gasteiger partial charge in [0.1, 0.15) is 18.1 Å². The highest BCUT2D eigenvalue weighted by molar-refractivity contribution is 5.82. The van der Waals surface area contributed by atoms with Crippen LogP contribution in [0.3, 0.4) is 0 Å². The van der Waals surface area contributed by atoms with E-state index in [2.05, 4.69) is 27.2 Å². The van der Waals surface area contributed by atoms with Gasteiger partial charge in [0.2, 0.25) is 0 Å². The summed E-state index contributed by atoms with van der Waals surface area (Å²) in [5.41, 5.74) is 1.49. The number of hydrogen-bond acceptors (Lipinski definition) is 6. The van der Waals surface area contributed by atoms with Crippen LogP contribution in [0.2, 0.25) is 0 Å². The van der Waals surface area contributed by atoms with Crippen LogP contribution >= 0.6 is 0 Å². The molecule has 2 N–H and O–H groups in total. The summed E-state index contributed by atoms with van der Waals surface area (Å²) in [6, 6.07) is 0. The van der Waals surface area contributed by atoms with Gasteiger partial charge in [-0.3, -0.25) is 4.57 Å². The second-order valence-electron chi connectivity index (χ2n) is 5.01. The van der Waals surface area contributed by atoms with Crippen molar-refractivity contribution in [1.29, 1.82) is 0 Å². The van der Waals surface area contributed by atoms with E-state index in [0.29, 0.717) is 11.7 Å². The third-order valence-corrected chi connectivity index (χ3v) is 3.97. The molecule has 2 aromatic rings. The van der Waals surface area contributed by atoms with Gasteiger partial charge in [-0.15, -0.1) is 0 Å². The zero-order valence-electron chi connectivity index (χ0n) is 11.7. The molecule has 0 amide bonds. The number of aromatic nitrogens is 4. The van der Waals surface area contributed by atoms with E-state index in [1.807, 2.05) is 11.6 Å². The lowest BCUT2D eigenvalue weighted by atomic mass is 9.98. The number of aliphatic hydroxyl groups is 1. The molecule has 3 atom stereocenters. The Morgan fingerprint density at radius 1 is 1.45 bits per heavy atom. The Kier molecular flexibility index (Phi) is 3.54. The molecule has 7 heteroatoms. The van der Waals surface area contributed by atoms with Crippen molar-refractivity contribution in [3.8, 4) is 0 Å². The molecule has 1 saturated heterocycles. The molecule has 0 spiro atoms. The minimum atomic E-state index is -0.123. The van der Waals surface area contributed by atoms with E-state index in [9.17, 15) is 5.11 Å². The Balaban J connectivity index is 1.96. The summed E-state index contributed by atoms with van der Waals surface area (Å²) in [5, 5.41) is 12.4. The van der Waals surface area contributed by atoms with Crippen LogP contribution in [0.4, 0.5) is 5.82 Å². The van der Waals surface area contributed by atoms with Crippen LogP contribution in [-0.2, 0) is 4.74 Å². The van der Waals surface area contributed by atoms with Crippen LogP contribution in [0, 0.1) is 5.92 Å². The van der Waals surface area contributed by atoms with Crippen LogP contribution in [0.15, 0.2) is 12.7 Å². The molecule has 1 aliphatic rings. The number of rotatable bonds is 4. The van der Waals surface area contributed by atoms with Gasteiger partial charge in [0.15, 0.2) is 11.5 Å². The maximum Gasteiger partial charge on any atom is 0.167 e. The number of imidazole rings is 1. The Hall–Kier alpha value is -1.73. The Morgan fingerprint density at radius 2 is 2.30 bits per heavy atom. The average molecular weight is 277 g/mol. The molecule has 1 aliphatic heterocycles. The summed E-state index contributed by atoms with van der Waals surface area (Å²) in [7, 11) is 1.81. The Labute approximate surface area is 117 Å². The molecule has 2 aromatic heterocycles. The number of hydrogen-bond donors (Lipinski definition) is 2. The molecule has 3 unspecified atom stereocenters. The fraction of sp³-hybridized carbons (Fsp3) is 0.615. The largest absolute Gasteiger partial charge is 0.394 e. The molecular formula is C13H19N5O2. The number of aliphatic hydroxyl groups excluding tert-OH is 1. The molecule has 0 radical (unpaired) electrons. The fourth-order valence-corrected chi connectivity index (χ4v) is 2.83. The van der Waals surface area contributed by atoms with E-state index in [-0.39, 0.29) is 18.9 Å². The van der Waals surface area contributed by atoms with Crippen LogP contribution in [0.25, 0.3) is 11.2 Å². The number of nitrogens with one attached hydrogen (secondary N) is 1. The normalized spacial score (nSPS) is 26.2. The molecule has 3 rings (SSSR count). The van der Waals surface area contributed by atoms with Gasteiger partial charge in [0.05, 0.1) is 19.0 Å². The summed E-state index contributed by atoms with van der Waals surface area (Å²) >= 11 is 0. The topological polar surface area (TPSA) is 85.1 Å². The van der Waals surface area contributed by atoms with Crippen molar-refractivity contribution in [3.05, 3.63) is 12.7 Å². The molecule has 7 nitrogen and oxygen atoms in total. The van der Waals surface area contributed by atoms with E-state index >= 15 is 0 Å². The highest BCUT2D eigenvalue weighted by atomic mass is 16.5. The molecule has 0 aliphatic carbocycles. The predicted molar refractivity (Wildman–Crippen MR) is 74.3 cm³/mol. The summed E-state index contributed by atoms with van der Waals surface area (Å²) in [4.78, 5) is 12.8. The SMILES string of the molecule is CCC1CC(n2cnc3c(NC)ncnc32)OC1CO. The van der Waals surface area contributed by atoms with Crippen molar-refractivity contribution in [2.75, 3.05) is 19.0 Å². The van der Waals surface area contributed by atoms with Crippen LogP contribution in [0.1, 0.15) is 26.0 Å². The molecule has 0 bridgehead atoms. The minimum absolute atomic E-state index is 0.0540. The first kappa shape index (κ1) is 13.3. The van der Waals surface area contributed by atoms with Gasteiger partial charge in [-0.05, 0) is 12.3 Å². The van der Waals surface area contributed by atoms with Crippen LogP contribution < -0.4 is 5.32 Å². The highest BCUT2D eigenvalue weighted by Gasteiger charge is 2.35. The number of nitrogens with zero attached hydrogens (tertiary/aromatic N) is 4. The predicted octanol–water partition coefficient (Wildman–Crippen LogP) is 1.17. The summed E-state index contributed by atoms with van der Waals surface area (Å²) in [6.07, 6.45) is 4.88. The monoisotopic (exact) mass is 277 g/mol. The fourth-order valence-electron chi connectivity index (χ4n) is 2.83. The zero-order chi connectivity index (χ0) is 14.1. The van der Waals surface area contributed by atoms with Gasteiger partial charge in [-0.1, -0.05) is 13.3 Å². The average Bonchev–Trinajstić information content (AvgIpc) is 3.09. The highest BCUT2D eigenvalue weighted by Crippen LogP contribution is 2.36. The minimum Gasteiger partial charge on any atom is -0.394 e. The van der Waals surface area contributed by atoms with Crippen molar-refractivity contribution in [3.63, 3.8) is 0 Å². The lowest BCUT2D eigenvalue weighted by molar-refractivity contribution is -0.0293. The van der Waals surface area contributed by atoms with Gasteiger partial charge >= 0.3 is 0 Å². The maximum absolute atomic E-state index is 9.39. The smallest absolute Gasteiger partial charge is 0.167 e. The van der Waals surface area contributed by atoms with E-state index in [1.165, 1.54) is 6.33 Å². The first-order valence-electron chi connectivity index (χ1n) is 6.90. The van der Waals surface area contributed by atoms with E-state index in [0.717, 1.165) is 24.0 Å². The number of fused-ring (bicyclic) bond motifs is 1. The zero-order valence-corrected chi connectivity index (χ0v) is 11.7. The van der Waals surface area contributed by atoms with E-state index in [4.69, 9.17) is 4.74 Å². The number of anilines is 1. The molecule has 0 aromatic carbocycles. The first-order valence-corrected chi connectivity index (χ1v) is 6.90. The second-order valence-corrected chi connectivity index (χ2v) is 5.01. The Bertz CT molecular complexity index is 587. The van der Waals surface area contributed by atoms with E-state index < -0.39 is 0 Å². The second kappa shape index (κ2) is 5.34. The number of ether oxygens (including phenoxy) is 1. The molecular weight excluding hydrogens is 258 g/mol. The molecule has 20 heavy (non-hydrogen) atoms. The molecule has 108 valence electrons.